The van der Waals surface area contributed by atoms with Gasteiger partial charge < -0.3 is 19.7 Å². The van der Waals surface area contributed by atoms with Gasteiger partial charge in [-0.05, 0) is 62.4 Å². The highest BCUT2D eigenvalue weighted by atomic mass is 16.6. The Hall–Kier alpha value is -1.66. The van der Waals surface area contributed by atoms with Gasteiger partial charge in [0.1, 0.15) is 0 Å². The largest absolute Gasteiger partial charge is 0.481 e. The van der Waals surface area contributed by atoms with Crippen molar-refractivity contribution >= 4 is 11.9 Å². The zero-order valence-electron chi connectivity index (χ0n) is 14.8. The maximum absolute atomic E-state index is 12.0. The molecule has 142 valence electrons. The predicted octanol–water partition coefficient (Wildman–Crippen LogP) is 2.92. The number of hydrogen-bond acceptors (Lipinski definition) is 4. The van der Waals surface area contributed by atoms with Gasteiger partial charge in [-0.2, -0.15) is 0 Å². The third kappa shape index (κ3) is 4.18. The number of carboxylic acid groups (broad SMARTS) is 2. The average Bonchev–Trinajstić information content (AvgIpc) is 3.49. The lowest BCUT2D eigenvalue weighted by Gasteiger charge is -2.20. The first-order chi connectivity index (χ1) is 12.5. The van der Waals surface area contributed by atoms with Crippen LogP contribution in [0, 0.1) is 11.8 Å². The van der Waals surface area contributed by atoms with Crippen LogP contribution in [0.5, 0.6) is 0 Å². The molecule has 4 rings (SSSR count). The Morgan fingerprint density at radius 2 is 1.38 bits per heavy atom. The Morgan fingerprint density at radius 3 is 1.88 bits per heavy atom. The van der Waals surface area contributed by atoms with Gasteiger partial charge in [-0.25, -0.2) is 4.79 Å². The van der Waals surface area contributed by atoms with Crippen LogP contribution in [0.15, 0.2) is 23.3 Å². The van der Waals surface area contributed by atoms with E-state index >= 15 is 0 Å². The van der Waals surface area contributed by atoms with E-state index in [2.05, 4.69) is 0 Å². The number of aliphatic carboxylic acids is 2. The third-order valence-electron chi connectivity index (χ3n) is 6.11. The third-order valence-corrected chi connectivity index (χ3v) is 6.11. The average molecular weight is 362 g/mol. The summed E-state index contributed by atoms with van der Waals surface area (Å²) in [5.74, 6) is -1.40. The van der Waals surface area contributed by atoms with E-state index < -0.39 is 11.9 Å². The topological polar surface area (TPSA) is 99.7 Å². The summed E-state index contributed by atoms with van der Waals surface area (Å²) in [5.41, 5.74) is 0.956. The van der Waals surface area contributed by atoms with Crippen molar-refractivity contribution in [2.45, 2.75) is 75.8 Å². The summed E-state index contributed by atoms with van der Waals surface area (Å²) in [4.78, 5) is 23.0. The molecule has 0 bridgehead atoms. The zero-order valence-corrected chi connectivity index (χ0v) is 14.8. The molecule has 0 aromatic heterocycles. The lowest BCUT2D eigenvalue weighted by atomic mass is 9.83. The number of epoxide rings is 2. The highest BCUT2D eigenvalue weighted by molar-refractivity contribution is 5.92. The molecule has 0 spiro atoms. The molecule has 0 aromatic carbocycles. The van der Waals surface area contributed by atoms with Crippen LogP contribution >= 0.6 is 0 Å². The van der Waals surface area contributed by atoms with Gasteiger partial charge in [0, 0.05) is 6.42 Å². The van der Waals surface area contributed by atoms with Crippen molar-refractivity contribution < 1.29 is 29.3 Å². The van der Waals surface area contributed by atoms with Crippen LogP contribution in [0.3, 0.4) is 0 Å². The maximum atomic E-state index is 12.0. The monoisotopic (exact) mass is 362 g/mol. The van der Waals surface area contributed by atoms with Crippen LogP contribution in [-0.2, 0) is 19.1 Å². The molecule has 6 atom stereocenters. The van der Waals surface area contributed by atoms with Crippen LogP contribution in [0.1, 0.15) is 51.4 Å². The van der Waals surface area contributed by atoms with E-state index in [0.717, 1.165) is 38.5 Å². The molecule has 6 unspecified atom stereocenters. The Bertz CT molecular complexity index is 651. The van der Waals surface area contributed by atoms with Gasteiger partial charge in [0.25, 0.3) is 0 Å². The van der Waals surface area contributed by atoms with Crippen molar-refractivity contribution in [3.05, 3.63) is 23.3 Å². The molecule has 6 heteroatoms. The molecular weight excluding hydrogens is 336 g/mol. The smallest absolute Gasteiger partial charge is 0.335 e. The summed E-state index contributed by atoms with van der Waals surface area (Å²) < 4.78 is 11.1. The van der Waals surface area contributed by atoms with E-state index in [0.29, 0.717) is 23.9 Å². The molecule has 4 fully saturated rings. The normalized spacial score (nSPS) is 38.9. The second-order valence-corrected chi connectivity index (χ2v) is 8.04. The standard InChI is InChI=1S/C20H26O6/c21-19(22)6-3-13(7-11-1-4-15-17(9-11)25-15)14(20(23)24)8-12-2-5-16-18(10-12)26-16/h7-8,11-12,15-18H,1-6,9-10H2,(H,21,22)(H,23,24)/b13-7+,14-8-. The molecule has 26 heavy (non-hydrogen) atoms. The first-order valence-electron chi connectivity index (χ1n) is 9.68. The van der Waals surface area contributed by atoms with Crippen LogP contribution < -0.4 is 0 Å². The Balaban J connectivity index is 1.53. The molecule has 2 N–H and O–H groups in total. The Kier molecular flexibility index (Phi) is 4.88. The SMILES string of the molecule is O=C(O)CCC(=C\C1CCC2OC2C1)/C(=C/C1CCC2OC2C1)C(=O)O. The second kappa shape index (κ2) is 7.16. The van der Waals surface area contributed by atoms with Crippen molar-refractivity contribution in [3.8, 4) is 0 Å². The molecule has 6 nitrogen and oxygen atoms in total. The molecule has 2 aliphatic carbocycles. The number of rotatable bonds is 7. The summed E-state index contributed by atoms with van der Waals surface area (Å²) in [6, 6.07) is 0. The summed E-state index contributed by atoms with van der Waals surface area (Å²) in [5, 5.41) is 18.9. The molecule has 0 aromatic rings. The molecular formula is C20H26O6. The number of carboxylic acids is 2. The van der Waals surface area contributed by atoms with Gasteiger partial charge in [-0.15, -0.1) is 0 Å². The van der Waals surface area contributed by atoms with E-state index in [1.54, 1.807) is 0 Å². The van der Waals surface area contributed by atoms with E-state index in [-0.39, 0.29) is 36.4 Å². The summed E-state index contributed by atoms with van der Waals surface area (Å²) in [6.07, 6.45) is 11.1. The fourth-order valence-electron chi connectivity index (χ4n) is 4.56. The summed E-state index contributed by atoms with van der Waals surface area (Å²) in [6.45, 7) is 0. The number of fused-ring (bicyclic) bond motifs is 2. The van der Waals surface area contributed by atoms with Gasteiger partial charge in [-0.3, -0.25) is 4.79 Å². The van der Waals surface area contributed by atoms with Gasteiger partial charge in [0.05, 0.1) is 30.0 Å². The first kappa shape index (κ1) is 17.7. The summed E-state index contributed by atoms with van der Waals surface area (Å²) in [7, 11) is 0. The first-order valence-corrected chi connectivity index (χ1v) is 9.68. The fourth-order valence-corrected chi connectivity index (χ4v) is 4.56. The van der Waals surface area contributed by atoms with E-state index in [1.165, 1.54) is 0 Å². The van der Waals surface area contributed by atoms with Crippen LogP contribution in [0.2, 0.25) is 0 Å². The second-order valence-electron chi connectivity index (χ2n) is 8.04. The number of ether oxygens (including phenoxy) is 2. The highest BCUT2D eigenvalue weighted by Crippen LogP contribution is 2.42. The molecule has 2 aliphatic heterocycles. The van der Waals surface area contributed by atoms with Gasteiger partial charge in [-0.1, -0.05) is 12.2 Å². The number of hydrogen-bond donors (Lipinski definition) is 2. The Labute approximate surface area is 152 Å². The molecule has 0 radical (unpaired) electrons. The van der Waals surface area contributed by atoms with Gasteiger partial charge in [0.2, 0.25) is 0 Å². The summed E-state index contributed by atoms with van der Waals surface area (Å²) >= 11 is 0. The minimum atomic E-state index is -0.961. The molecule has 2 saturated carbocycles. The molecule has 0 amide bonds. The lowest BCUT2D eigenvalue weighted by Crippen LogP contribution is -2.16. The van der Waals surface area contributed by atoms with E-state index in [1.807, 2.05) is 12.2 Å². The van der Waals surface area contributed by atoms with Crippen LogP contribution in [0.25, 0.3) is 0 Å². The number of allylic oxidation sites excluding steroid dienone is 2. The highest BCUT2D eigenvalue weighted by Gasteiger charge is 2.44. The molecule has 4 aliphatic rings. The number of carbonyl (C=O) groups is 2. The predicted molar refractivity (Wildman–Crippen MR) is 92.7 cm³/mol. The zero-order chi connectivity index (χ0) is 18.3. The van der Waals surface area contributed by atoms with E-state index in [9.17, 15) is 14.7 Å². The van der Waals surface area contributed by atoms with E-state index in [4.69, 9.17) is 14.6 Å². The fraction of sp³-hybridized carbons (Fsp3) is 0.700. The minimum absolute atomic E-state index is 0.0514. The quantitative estimate of drug-likeness (QED) is 0.410. The van der Waals surface area contributed by atoms with Crippen molar-refractivity contribution in [2.24, 2.45) is 11.8 Å². The molecule has 2 heterocycles. The molecule has 2 saturated heterocycles. The minimum Gasteiger partial charge on any atom is -0.481 e. The lowest BCUT2D eigenvalue weighted by molar-refractivity contribution is -0.137. The van der Waals surface area contributed by atoms with Crippen LogP contribution in [-0.4, -0.2) is 46.6 Å². The van der Waals surface area contributed by atoms with Crippen molar-refractivity contribution in [1.82, 2.24) is 0 Å². The van der Waals surface area contributed by atoms with Crippen molar-refractivity contribution in [2.75, 3.05) is 0 Å². The van der Waals surface area contributed by atoms with Crippen molar-refractivity contribution in [3.63, 3.8) is 0 Å². The van der Waals surface area contributed by atoms with Gasteiger partial charge >= 0.3 is 11.9 Å². The van der Waals surface area contributed by atoms with Crippen LogP contribution in [0.4, 0.5) is 0 Å². The van der Waals surface area contributed by atoms with Crippen molar-refractivity contribution in [1.29, 1.82) is 0 Å². The van der Waals surface area contributed by atoms with Gasteiger partial charge in [0.15, 0.2) is 0 Å². The Morgan fingerprint density at radius 1 is 0.808 bits per heavy atom. The maximum Gasteiger partial charge on any atom is 0.335 e.